The lowest BCUT2D eigenvalue weighted by atomic mass is 9.71. The Balaban J connectivity index is 1.84. The number of esters is 1. The van der Waals surface area contributed by atoms with E-state index in [0.717, 1.165) is 19.3 Å². The molecule has 1 aromatic carbocycles. The van der Waals surface area contributed by atoms with Gasteiger partial charge in [-0.2, -0.15) is 0 Å². The van der Waals surface area contributed by atoms with Gasteiger partial charge in [-0.3, -0.25) is 15.1 Å². The molecule has 1 N–H and O–H groups in total. The minimum absolute atomic E-state index is 0.0887. The van der Waals surface area contributed by atoms with Crippen LogP contribution in [-0.4, -0.2) is 33.4 Å². The van der Waals surface area contributed by atoms with Crippen molar-refractivity contribution in [3.8, 4) is 5.75 Å². The molecule has 0 saturated heterocycles. The second kappa shape index (κ2) is 6.16. The Bertz CT molecular complexity index is 690. The van der Waals surface area contributed by atoms with Crippen molar-refractivity contribution in [2.45, 2.75) is 43.2 Å². The Kier molecular flexibility index (Phi) is 4.19. The summed E-state index contributed by atoms with van der Waals surface area (Å²) in [5.74, 6) is -0.495. The van der Waals surface area contributed by atoms with E-state index >= 15 is 0 Å². The highest BCUT2D eigenvalue weighted by atomic mass is 16.6. The molecule has 1 saturated carbocycles. The fraction of sp³-hybridized carbons (Fsp3) is 0.412. The average Bonchev–Trinajstić information content (AvgIpc) is 3.08. The van der Waals surface area contributed by atoms with Gasteiger partial charge in [0.2, 0.25) is 5.54 Å². The van der Waals surface area contributed by atoms with E-state index < -0.39 is 22.0 Å². The summed E-state index contributed by atoms with van der Waals surface area (Å²) in [5.41, 5.74) is -2.81. The van der Waals surface area contributed by atoms with Gasteiger partial charge in [0, 0.05) is 18.3 Å². The van der Waals surface area contributed by atoms with Crippen LogP contribution in [0.3, 0.4) is 0 Å². The molecule has 1 unspecified atom stereocenters. The van der Waals surface area contributed by atoms with Gasteiger partial charge in [-0.1, -0.05) is 19.3 Å². The molecule has 2 aliphatic rings. The minimum atomic E-state index is -1.45. The maximum atomic E-state index is 12.8. The molecule has 1 fully saturated rings. The van der Waals surface area contributed by atoms with E-state index in [4.69, 9.17) is 4.74 Å². The number of ether oxygens (including phenoxy) is 1. The highest BCUT2D eigenvalue weighted by Gasteiger charge is 2.56. The normalized spacial score (nSPS) is 24.7. The van der Waals surface area contributed by atoms with Gasteiger partial charge in [0.15, 0.2) is 0 Å². The van der Waals surface area contributed by atoms with Crippen molar-refractivity contribution in [2.24, 2.45) is 4.99 Å². The molecule has 7 heteroatoms. The topological polar surface area (TPSA) is 102 Å². The molecule has 0 spiro atoms. The summed E-state index contributed by atoms with van der Waals surface area (Å²) in [5, 5.41) is 21.7. The molecule has 0 amide bonds. The van der Waals surface area contributed by atoms with E-state index in [9.17, 15) is 20.0 Å². The third-order valence-corrected chi connectivity index (χ3v) is 4.66. The Morgan fingerprint density at radius 3 is 2.42 bits per heavy atom. The van der Waals surface area contributed by atoms with Crippen LogP contribution in [0.25, 0.3) is 0 Å². The number of aliphatic hydroxyl groups is 1. The number of aliphatic imine (C=N–C) groups is 1. The second-order valence-corrected chi connectivity index (χ2v) is 6.14. The van der Waals surface area contributed by atoms with Gasteiger partial charge in [-0.05, 0) is 37.1 Å². The number of rotatable bonds is 4. The number of carbonyl (C=O) groups is 1. The third-order valence-electron chi connectivity index (χ3n) is 4.66. The van der Waals surface area contributed by atoms with Crippen LogP contribution in [0.1, 0.15) is 32.1 Å². The number of nitrogens with zero attached hydrogens (tertiary/aromatic N) is 2. The lowest BCUT2D eigenvalue weighted by Crippen LogP contribution is -2.58. The highest BCUT2D eigenvalue weighted by molar-refractivity contribution is 5.93. The molecule has 1 aliphatic carbocycles. The van der Waals surface area contributed by atoms with E-state index in [1.807, 2.05) is 0 Å². The van der Waals surface area contributed by atoms with E-state index in [0.29, 0.717) is 12.8 Å². The van der Waals surface area contributed by atoms with Gasteiger partial charge in [-0.15, -0.1) is 0 Å². The zero-order chi connectivity index (χ0) is 17.2. The predicted molar refractivity (Wildman–Crippen MR) is 87.1 cm³/mol. The van der Waals surface area contributed by atoms with Crippen molar-refractivity contribution in [2.75, 3.05) is 0 Å². The first kappa shape index (κ1) is 16.3. The van der Waals surface area contributed by atoms with Gasteiger partial charge in [0.1, 0.15) is 11.4 Å². The summed E-state index contributed by atoms with van der Waals surface area (Å²) in [4.78, 5) is 27.2. The van der Waals surface area contributed by atoms with Crippen molar-refractivity contribution >= 4 is 17.9 Å². The van der Waals surface area contributed by atoms with E-state index in [2.05, 4.69) is 4.99 Å². The Morgan fingerprint density at radius 2 is 1.88 bits per heavy atom. The smallest absolute Gasteiger partial charge is 0.346 e. The predicted octanol–water partition coefficient (Wildman–Crippen LogP) is 2.57. The summed E-state index contributed by atoms with van der Waals surface area (Å²) in [6.45, 7) is 0. The SMILES string of the molecule is O=C(Oc1ccc([N+](=O)[O-])cc1)C1(C2(O)CCCCC2)C=CC=N1. The van der Waals surface area contributed by atoms with Crippen LogP contribution in [-0.2, 0) is 4.79 Å². The Hall–Kier alpha value is -2.54. The maximum absolute atomic E-state index is 12.8. The van der Waals surface area contributed by atoms with Crippen LogP contribution in [0, 0.1) is 10.1 Å². The number of hydrogen-bond acceptors (Lipinski definition) is 6. The molecule has 0 radical (unpaired) electrons. The summed E-state index contributed by atoms with van der Waals surface area (Å²) < 4.78 is 5.37. The molecule has 0 bridgehead atoms. The van der Waals surface area contributed by atoms with Crippen LogP contribution in [0.15, 0.2) is 41.4 Å². The molecule has 126 valence electrons. The van der Waals surface area contributed by atoms with Crippen molar-refractivity contribution in [1.29, 1.82) is 0 Å². The minimum Gasteiger partial charge on any atom is -0.424 e. The van der Waals surface area contributed by atoms with Crippen molar-refractivity contribution in [3.05, 3.63) is 46.5 Å². The van der Waals surface area contributed by atoms with Gasteiger partial charge in [-0.25, -0.2) is 4.79 Å². The summed E-state index contributed by atoms with van der Waals surface area (Å²) in [6.07, 6.45) is 8.32. The summed E-state index contributed by atoms with van der Waals surface area (Å²) in [6, 6.07) is 5.24. The standard InChI is InChI=1S/C17H18N2O5/c20-15(24-14-7-5-13(6-8-14)19(22)23)17(11-4-12-18-17)16(21)9-2-1-3-10-16/h4-8,11-12,21H,1-3,9-10H2. The van der Waals surface area contributed by atoms with Crippen molar-refractivity contribution in [3.63, 3.8) is 0 Å². The number of hydrogen-bond donors (Lipinski definition) is 1. The fourth-order valence-electron chi connectivity index (χ4n) is 3.31. The highest BCUT2D eigenvalue weighted by Crippen LogP contribution is 2.42. The van der Waals surface area contributed by atoms with Crippen LogP contribution in [0.2, 0.25) is 0 Å². The number of non-ortho nitro benzene ring substituents is 1. The first-order chi connectivity index (χ1) is 11.5. The number of carbonyl (C=O) groups excluding carboxylic acids is 1. The van der Waals surface area contributed by atoms with Gasteiger partial charge in [0.25, 0.3) is 5.69 Å². The summed E-state index contributed by atoms with van der Waals surface area (Å²) in [7, 11) is 0. The lowest BCUT2D eigenvalue weighted by molar-refractivity contribution is -0.384. The Labute approximate surface area is 138 Å². The average molecular weight is 330 g/mol. The fourth-order valence-corrected chi connectivity index (χ4v) is 3.31. The third kappa shape index (κ3) is 2.71. The summed E-state index contributed by atoms with van der Waals surface area (Å²) >= 11 is 0. The monoisotopic (exact) mass is 330 g/mol. The van der Waals surface area contributed by atoms with Gasteiger partial charge < -0.3 is 9.84 Å². The van der Waals surface area contributed by atoms with E-state index in [1.54, 1.807) is 12.2 Å². The molecule has 24 heavy (non-hydrogen) atoms. The number of nitro benzene ring substituents is 1. The zero-order valence-corrected chi connectivity index (χ0v) is 13.1. The Morgan fingerprint density at radius 1 is 1.21 bits per heavy atom. The molecule has 0 aromatic heterocycles. The lowest BCUT2D eigenvalue weighted by Gasteiger charge is -2.42. The zero-order valence-electron chi connectivity index (χ0n) is 13.1. The van der Waals surface area contributed by atoms with Crippen LogP contribution < -0.4 is 4.74 Å². The second-order valence-electron chi connectivity index (χ2n) is 6.14. The van der Waals surface area contributed by atoms with Crippen LogP contribution in [0.5, 0.6) is 5.75 Å². The molecule has 1 aromatic rings. The molecular formula is C17H18N2O5. The number of nitro groups is 1. The van der Waals surface area contributed by atoms with E-state index in [1.165, 1.54) is 30.5 Å². The number of allylic oxidation sites excluding steroid dienone is 1. The number of benzene rings is 1. The van der Waals surface area contributed by atoms with Gasteiger partial charge in [0.05, 0.1) is 4.92 Å². The largest absolute Gasteiger partial charge is 0.424 e. The molecule has 7 nitrogen and oxygen atoms in total. The first-order valence-corrected chi connectivity index (χ1v) is 7.89. The maximum Gasteiger partial charge on any atom is 0.346 e. The van der Waals surface area contributed by atoms with Crippen molar-refractivity contribution < 1.29 is 19.6 Å². The van der Waals surface area contributed by atoms with E-state index in [-0.39, 0.29) is 11.4 Å². The van der Waals surface area contributed by atoms with Crippen LogP contribution >= 0.6 is 0 Å². The molecule has 3 rings (SSSR count). The molecule has 1 heterocycles. The first-order valence-electron chi connectivity index (χ1n) is 7.89. The molecule has 1 aliphatic heterocycles. The molecular weight excluding hydrogens is 312 g/mol. The molecule has 1 atom stereocenters. The van der Waals surface area contributed by atoms with Gasteiger partial charge >= 0.3 is 5.97 Å². The van der Waals surface area contributed by atoms with Crippen molar-refractivity contribution in [1.82, 2.24) is 0 Å². The quantitative estimate of drug-likeness (QED) is 0.395. The van der Waals surface area contributed by atoms with Crippen LogP contribution in [0.4, 0.5) is 5.69 Å².